The predicted octanol–water partition coefficient (Wildman–Crippen LogP) is 2.21. The van der Waals surface area contributed by atoms with Crippen molar-refractivity contribution in [3.05, 3.63) is 24.3 Å². The third-order valence-corrected chi connectivity index (χ3v) is 5.42. The molecule has 1 amide bonds. The van der Waals surface area contributed by atoms with Gasteiger partial charge in [-0.2, -0.15) is 0 Å². The van der Waals surface area contributed by atoms with Crippen molar-refractivity contribution >= 4 is 11.6 Å². The molecule has 0 aromatic heterocycles. The van der Waals surface area contributed by atoms with Crippen LogP contribution in [0.25, 0.3) is 0 Å². The van der Waals surface area contributed by atoms with Gasteiger partial charge in [-0.1, -0.05) is 31.9 Å². The molecule has 1 aromatic carbocycles. The van der Waals surface area contributed by atoms with E-state index in [0.717, 1.165) is 38.3 Å². The van der Waals surface area contributed by atoms with Crippen LogP contribution in [0.4, 0.5) is 5.69 Å². The molecule has 1 heterocycles. The molecule has 1 saturated heterocycles. The summed E-state index contributed by atoms with van der Waals surface area (Å²) < 4.78 is 0. The number of para-hydroxylation sites is 2. The van der Waals surface area contributed by atoms with Gasteiger partial charge in [0.1, 0.15) is 5.75 Å². The summed E-state index contributed by atoms with van der Waals surface area (Å²) in [4.78, 5) is 16.7. The molecule has 0 bridgehead atoms. The second kappa shape index (κ2) is 7.88. The molecule has 3 rings (SSSR count). The molecule has 2 N–H and O–H groups in total. The van der Waals surface area contributed by atoms with E-state index in [1.54, 1.807) is 6.07 Å². The number of rotatable bonds is 4. The number of phenols is 1. The Kier molecular flexibility index (Phi) is 5.61. The molecule has 24 heavy (non-hydrogen) atoms. The summed E-state index contributed by atoms with van der Waals surface area (Å²) in [6, 6.07) is 7.81. The van der Waals surface area contributed by atoms with E-state index in [4.69, 9.17) is 0 Å². The standard InChI is InChI=1S/C19H29N3O2/c1-15-6-2-3-7-16(15)20-19(24)14-21-10-12-22(13-11-21)17-8-4-5-9-18(17)23/h4-5,8-9,15-16,23H,2-3,6-7,10-14H2,1H3,(H,20,24). The van der Waals surface area contributed by atoms with Crippen molar-refractivity contribution in [1.82, 2.24) is 10.2 Å². The van der Waals surface area contributed by atoms with E-state index in [9.17, 15) is 9.90 Å². The number of carbonyl (C=O) groups is 1. The van der Waals surface area contributed by atoms with Crippen LogP contribution in [0.1, 0.15) is 32.6 Å². The number of aromatic hydroxyl groups is 1. The maximum atomic E-state index is 12.3. The summed E-state index contributed by atoms with van der Waals surface area (Å²) in [6.07, 6.45) is 4.87. The Labute approximate surface area is 144 Å². The topological polar surface area (TPSA) is 55.8 Å². The maximum Gasteiger partial charge on any atom is 0.234 e. The van der Waals surface area contributed by atoms with Crippen LogP contribution in [0.5, 0.6) is 5.75 Å². The van der Waals surface area contributed by atoms with E-state index >= 15 is 0 Å². The zero-order chi connectivity index (χ0) is 16.9. The molecular weight excluding hydrogens is 302 g/mol. The van der Waals surface area contributed by atoms with Gasteiger partial charge in [-0.05, 0) is 30.9 Å². The van der Waals surface area contributed by atoms with E-state index in [-0.39, 0.29) is 5.91 Å². The number of nitrogens with zero attached hydrogens (tertiary/aromatic N) is 2. The van der Waals surface area contributed by atoms with Crippen LogP contribution in [-0.4, -0.2) is 54.7 Å². The zero-order valence-electron chi connectivity index (χ0n) is 14.6. The third-order valence-electron chi connectivity index (χ3n) is 5.42. The minimum Gasteiger partial charge on any atom is -0.506 e. The van der Waals surface area contributed by atoms with Gasteiger partial charge in [0.15, 0.2) is 0 Å². The molecule has 2 atom stereocenters. The van der Waals surface area contributed by atoms with E-state index < -0.39 is 0 Å². The second-order valence-corrected chi connectivity index (χ2v) is 7.19. The van der Waals surface area contributed by atoms with E-state index in [2.05, 4.69) is 22.0 Å². The van der Waals surface area contributed by atoms with Crippen molar-refractivity contribution in [2.24, 2.45) is 5.92 Å². The summed E-state index contributed by atoms with van der Waals surface area (Å²) in [5.74, 6) is 1.08. The lowest BCUT2D eigenvalue weighted by Crippen LogP contribution is -2.51. The van der Waals surface area contributed by atoms with Gasteiger partial charge in [-0.3, -0.25) is 9.69 Å². The van der Waals surface area contributed by atoms with Gasteiger partial charge < -0.3 is 15.3 Å². The first-order valence-corrected chi connectivity index (χ1v) is 9.18. The lowest BCUT2D eigenvalue weighted by molar-refractivity contribution is -0.123. The Morgan fingerprint density at radius 2 is 1.88 bits per heavy atom. The van der Waals surface area contributed by atoms with Crippen molar-refractivity contribution in [1.29, 1.82) is 0 Å². The van der Waals surface area contributed by atoms with Gasteiger partial charge in [0.2, 0.25) is 5.91 Å². The average Bonchev–Trinajstić information content (AvgIpc) is 2.58. The molecule has 5 heteroatoms. The first kappa shape index (κ1) is 17.1. The normalized spacial score (nSPS) is 25.5. The van der Waals surface area contributed by atoms with Gasteiger partial charge >= 0.3 is 0 Å². The monoisotopic (exact) mass is 331 g/mol. The smallest absolute Gasteiger partial charge is 0.234 e. The lowest BCUT2D eigenvalue weighted by Gasteiger charge is -2.36. The van der Waals surface area contributed by atoms with Crippen LogP contribution in [0.2, 0.25) is 0 Å². The minimum atomic E-state index is 0.157. The molecular formula is C19H29N3O2. The number of hydrogen-bond acceptors (Lipinski definition) is 4. The molecule has 2 unspecified atom stereocenters. The molecule has 1 aromatic rings. The maximum absolute atomic E-state index is 12.3. The largest absolute Gasteiger partial charge is 0.506 e. The fraction of sp³-hybridized carbons (Fsp3) is 0.632. The zero-order valence-corrected chi connectivity index (χ0v) is 14.6. The Morgan fingerprint density at radius 3 is 2.58 bits per heavy atom. The highest BCUT2D eigenvalue weighted by Gasteiger charge is 2.25. The fourth-order valence-corrected chi connectivity index (χ4v) is 3.86. The Morgan fingerprint density at radius 1 is 1.17 bits per heavy atom. The number of nitrogens with one attached hydrogen (secondary N) is 1. The molecule has 1 aliphatic heterocycles. The Bertz CT molecular complexity index is 555. The highest BCUT2D eigenvalue weighted by atomic mass is 16.3. The van der Waals surface area contributed by atoms with E-state index in [1.807, 2.05) is 18.2 Å². The Hall–Kier alpha value is -1.75. The van der Waals surface area contributed by atoms with Crippen molar-refractivity contribution in [2.75, 3.05) is 37.6 Å². The Balaban J connectivity index is 1.45. The predicted molar refractivity (Wildman–Crippen MR) is 96.3 cm³/mol. The van der Waals surface area contributed by atoms with Crippen LogP contribution >= 0.6 is 0 Å². The highest BCUT2D eigenvalue weighted by Crippen LogP contribution is 2.27. The quantitative estimate of drug-likeness (QED) is 0.888. The fourth-order valence-electron chi connectivity index (χ4n) is 3.86. The SMILES string of the molecule is CC1CCCCC1NC(=O)CN1CCN(c2ccccc2O)CC1. The molecule has 132 valence electrons. The first-order chi connectivity index (χ1) is 11.6. The average molecular weight is 331 g/mol. The van der Waals surface area contributed by atoms with Crippen molar-refractivity contribution in [3.8, 4) is 5.75 Å². The van der Waals surface area contributed by atoms with Crippen molar-refractivity contribution in [2.45, 2.75) is 38.6 Å². The van der Waals surface area contributed by atoms with Gasteiger partial charge in [-0.25, -0.2) is 0 Å². The number of piperazine rings is 1. The van der Waals surface area contributed by atoms with E-state index in [1.165, 1.54) is 19.3 Å². The van der Waals surface area contributed by atoms with Crippen molar-refractivity contribution in [3.63, 3.8) is 0 Å². The number of phenolic OH excluding ortho intramolecular Hbond substituents is 1. The van der Waals surface area contributed by atoms with Gasteiger partial charge in [-0.15, -0.1) is 0 Å². The summed E-state index contributed by atoms with van der Waals surface area (Å²) >= 11 is 0. The summed E-state index contributed by atoms with van der Waals surface area (Å²) in [7, 11) is 0. The number of benzene rings is 1. The first-order valence-electron chi connectivity index (χ1n) is 9.18. The molecule has 1 saturated carbocycles. The van der Waals surface area contributed by atoms with Gasteiger partial charge in [0, 0.05) is 32.2 Å². The highest BCUT2D eigenvalue weighted by molar-refractivity contribution is 5.78. The van der Waals surface area contributed by atoms with Crippen molar-refractivity contribution < 1.29 is 9.90 Å². The van der Waals surface area contributed by atoms with Gasteiger partial charge in [0.25, 0.3) is 0 Å². The van der Waals surface area contributed by atoms with Crippen LogP contribution in [-0.2, 0) is 4.79 Å². The van der Waals surface area contributed by atoms with Crippen LogP contribution in [0.3, 0.4) is 0 Å². The number of anilines is 1. The molecule has 2 aliphatic rings. The van der Waals surface area contributed by atoms with E-state index in [0.29, 0.717) is 24.3 Å². The third kappa shape index (κ3) is 4.20. The van der Waals surface area contributed by atoms with Gasteiger partial charge in [0.05, 0.1) is 12.2 Å². The summed E-state index contributed by atoms with van der Waals surface area (Å²) in [5.41, 5.74) is 0.887. The number of amides is 1. The minimum absolute atomic E-state index is 0.157. The molecule has 0 radical (unpaired) electrons. The van der Waals surface area contributed by atoms with Crippen LogP contribution < -0.4 is 10.2 Å². The molecule has 5 nitrogen and oxygen atoms in total. The molecule has 0 spiro atoms. The molecule has 1 aliphatic carbocycles. The molecule has 2 fully saturated rings. The second-order valence-electron chi connectivity index (χ2n) is 7.19. The number of hydrogen-bond donors (Lipinski definition) is 2. The number of carbonyl (C=O) groups excluding carboxylic acids is 1. The van der Waals surface area contributed by atoms with Crippen LogP contribution in [0, 0.1) is 5.92 Å². The summed E-state index contributed by atoms with van der Waals surface area (Å²) in [5, 5.41) is 13.2. The lowest BCUT2D eigenvalue weighted by atomic mass is 9.86. The summed E-state index contributed by atoms with van der Waals surface area (Å²) in [6.45, 7) is 6.10. The van der Waals surface area contributed by atoms with Crippen LogP contribution in [0.15, 0.2) is 24.3 Å².